The first-order valence-corrected chi connectivity index (χ1v) is 4.73. The highest BCUT2D eigenvalue weighted by Gasteiger charge is 2.27. The first kappa shape index (κ1) is 7.44. The van der Waals surface area contributed by atoms with Gasteiger partial charge in [0, 0.05) is 0 Å². The minimum absolute atomic E-state index is 0.0161. The van der Waals surface area contributed by atoms with Crippen molar-refractivity contribution in [2.45, 2.75) is 12.5 Å². The van der Waals surface area contributed by atoms with Crippen LogP contribution in [0.25, 0.3) is 0 Å². The van der Waals surface area contributed by atoms with Crippen molar-refractivity contribution in [2.24, 2.45) is 4.99 Å². The van der Waals surface area contributed by atoms with Crippen LogP contribution in [0.5, 0.6) is 0 Å². The van der Waals surface area contributed by atoms with Gasteiger partial charge in [-0.2, -0.15) is 0 Å². The van der Waals surface area contributed by atoms with Gasteiger partial charge >= 0.3 is 0 Å². The molecule has 0 bridgehead atoms. The summed E-state index contributed by atoms with van der Waals surface area (Å²) >= 11 is 0. The Kier molecular flexibility index (Phi) is 1.87. The molecule has 56 valence electrons. The lowest BCUT2D eigenvalue weighted by Crippen LogP contribution is -2.06. The smallest absolute Gasteiger partial charge is 0.229 e. The molecule has 1 fully saturated rings. The van der Waals surface area contributed by atoms with Gasteiger partial charge in [-0.3, -0.25) is 0 Å². The van der Waals surface area contributed by atoms with Gasteiger partial charge in [0.15, 0.2) is 9.84 Å². The van der Waals surface area contributed by atoms with Gasteiger partial charge in [0.1, 0.15) is 0 Å². The average molecular weight is 161 g/mol. The molecular weight excluding hydrogens is 154 g/mol. The summed E-state index contributed by atoms with van der Waals surface area (Å²) in [4.78, 5) is 13.0. The highest BCUT2D eigenvalue weighted by Crippen LogP contribution is 2.13. The van der Waals surface area contributed by atoms with Crippen molar-refractivity contribution >= 4 is 15.9 Å². The van der Waals surface area contributed by atoms with Gasteiger partial charge in [0.2, 0.25) is 6.08 Å². The second-order valence-electron chi connectivity index (χ2n) is 2.28. The molecule has 0 spiro atoms. The molecule has 0 aromatic heterocycles. The van der Waals surface area contributed by atoms with E-state index < -0.39 is 9.84 Å². The molecule has 1 saturated heterocycles. The molecule has 0 aromatic carbocycles. The van der Waals surface area contributed by atoms with Crippen LogP contribution in [0.15, 0.2) is 4.99 Å². The quantitative estimate of drug-likeness (QED) is 0.385. The molecule has 5 heteroatoms. The van der Waals surface area contributed by atoms with E-state index in [2.05, 4.69) is 4.99 Å². The molecule has 10 heavy (non-hydrogen) atoms. The predicted octanol–water partition coefficient (Wildman–Crippen LogP) is -0.491. The minimum Gasteiger partial charge on any atom is -0.229 e. The average Bonchev–Trinajstić information content (AvgIpc) is 2.12. The van der Waals surface area contributed by atoms with E-state index in [1.165, 1.54) is 6.08 Å². The van der Waals surface area contributed by atoms with Gasteiger partial charge in [-0.05, 0) is 6.42 Å². The number of aliphatic imine (C=N–C) groups is 1. The fourth-order valence-corrected chi connectivity index (χ4v) is 2.58. The zero-order valence-corrected chi connectivity index (χ0v) is 6.10. The first-order chi connectivity index (χ1) is 4.64. The molecular formula is C5H7NO3S. The standard InChI is InChI=1S/C5H7NO3S/c7-4-6-5-1-2-10(8,9)3-5/h5H,1-3H2/t5-/m1/s1. The van der Waals surface area contributed by atoms with Gasteiger partial charge in [-0.25, -0.2) is 18.2 Å². The highest BCUT2D eigenvalue weighted by atomic mass is 32.2. The third-order valence-electron chi connectivity index (χ3n) is 1.44. The van der Waals surface area contributed by atoms with E-state index in [9.17, 15) is 13.2 Å². The van der Waals surface area contributed by atoms with Crippen LogP contribution < -0.4 is 0 Å². The summed E-state index contributed by atoms with van der Waals surface area (Å²) < 4.78 is 21.5. The Bertz CT molecular complexity index is 263. The maximum atomic E-state index is 10.7. The molecule has 0 saturated carbocycles. The summed E-state index contributed by atoms with van der Waals surface area (Å²) in [6, 6.07) is -0.331. The van der Waals surface area contributed by atoms with E-state index >= 15 is 0 Å². The van der Waals surface area contributed by atoms with Crippen LogP contribution in [0.3, 0.4) is 0 Å². The van der Waals surface area contributed by atoms with Crippen LogP contribution in [-0.2, 0) is 14.6 Å². The summed E-state index contributed by atoms with van der Waals surface area (Å²) in [7, 11) is -2.89. The number of hydrogen-bond acceptors (Lipinski definition) is 4. The van der Waals surface area contributed by atoms with E-state index in [0.717, 1.165) is 0 Å². The molecule has 0 amide bonds. The van der Waals surface area contributed by atoms with Crippen molar-refractivity contribution in [1.82, 2.24) is 0 Å². The number of carbonyl (C=O) groups excluding carboxylic acids is 1. The topological polar surface area (TPSA) is 63.6 Å². The Morgan fingerprint density at radius 2 is 2.20 bits per heavy atom. The van der Waals surface area contributed by atoms with Gasteiger partial charge in [-0.15, -0.1) is 0 Å². The molecule has 0 aromatic rings. The minimum atomic E-state index is -2.89. The summed E-state index contributed by atoms with van der Waals surface area (Å²) in [6.45, 7) is 0. The molecule has 1 aliphatic heterocycles. The lowest BCUT2D eigenvalue weighted by Gasteiger charge is -1.91. The van der Waals surface area contributed by atoms with Gasteiger partial charge in [-0.1, -0.05) is 0 Å². The summed E-state index contributed by atoms with van der Waals surface area (Å²) in [5.74, 6) is 0.172. The monoisotopic (exact) mass is 161 g/mol. The second kappa shape index (κ2) is 2.52. The van der Waals surface area contributed by atoms with Crippen LogP contribution in [0, 0.1) is 0 Å². The number of sulfone groups is 1. The third kappa shape index (κ3) is 1.65. The Labute approximate surface area is 58.9 Å². The molecule has 0 unspecified atom stereocenters. The Morgan fingerprint density at radius 3 is 2.60 bits per heavy atom. The molecule has 1 rings (SSSR count). The predicted molar refractivity (Wildman–Crippen MR) is 35.2 cm³/mol. The zero-order chi connectivity index (χ0) is 7.61. The van der Waals surface area contributed by atoms with E-state index in [1.807, 2.05) is 0 Å². The Balaban J connectivity index is 2.68. The fraction of sp³-hybridized carbons (Fsp3) is 0.800. The molecule has 0 radical (unpaired) electrons. The van der Waals surface area contributed by atoms with Crippen LogP contribution in [0.1, 0.15) is 6.42 Å². The van der Waals surface area contributed by atoms with Crippen LogP contribution in [0.4, 0.5) is 0 Å². The van der Waals surface area contributed by atoms with Crippen molar-refractivity contribution in [3.63, 3.8) is 0 Å². The van der Waals surface area contributed by atoms with Crippen molar-refractivity contribution in [3.05, 3.63) is 0 Å². The second-order valence-corrected chi connectivity index (χ2v) is 4.51. The lowest BCUT2D eigenvalue weighted by atomic mass is 10.3. The Morgan fingerprint density at radius 1 is 1.50 bits per heavy atom. The van der Waals surface area contributed by atoms with E-state index in [4.69, 9.17) is 0 Å². The summed E-state index contributed by atoms with van der Waals surface area (Å²) in [5, 5.41) is 0. The largest absolute Gasteiger partial charge is 0.235 e. The van der Waals surface area contributed by atoms with Crippen molar-refractivity contribution in [1.29, 1.82) is 0 Å². The van der Waals surface area contributed by atoms with E-state index in [-0.39, 0.29) is 17.5 Å². The van der Waals surface area contributed by atoms with Crippen molar-refractivity contribution < 1.29 is 13.2 Å². The number of hydrogen-bond donors (Lipinski definition) is 0. The molecule has 4 nitrogen and oxygen atoms in total. The Hall–Kier alpha value is -0.670. The van der Waals surface area contributed by atoms with Gasteiger partial charge in [0.25, 0.3) is 0 Å². The maximum Gasteiger partial charge on any atom is 0.235 e. The van der Waals surface area contributed by atoms with Gasteiger partial charge < -0.3 is 0 Å². The molecule has 1 aliphatic rings. The van der Waals surface area contributed by atoms with Crippen LogP contribution >= 0.6 is 0 Å². The van der Waals surface area contributed by atoms with Crippen LogP contribution in [-0.4, -0.2) is 32.0 Å². The van der Waals surface area contributed by atoms with E-state index in [0.29, 0.717) is 6.42 Å². The molecule has 0 aliphatic carbocycles. The summed E-state index contributed by atoms with van der Waals surface area (Å²) in [6.07, 6.45) is 1.83. The van der Waals surface area contributed by atoms with Crippen molar-refractivity contribution in [3.8, 4) is 0 Å². The molecule has 1 atom stereocenters. The number of rotatable bonds is 1. The maximum absolute atomic E-state index is 10.7. The molecule has 0 N–H and O–H groups in total. The lowest BCUT2D eigenvalue weighted by molar-refractivity contribution is 0.558. The third-order valence-corrected chi connectivity index (χ3v) is 3.19. The van der Waals surface area contributed by atoms with Crippen molar-refractivity contribution in [2.75, 3.05) is 11.5 Å². The summed E-state index contributed by atoms with van der Waals surface area (Å²) in [5.41, 5.74) is 0. The zero-order valence-electron chi connectivity index (χ0n) is 5.28. The SMILES string of the molecule is O=C=N[C@@H]1CCS(=O)(=O)C1. The van der Waals surface area contributed by atoms with Gasteiger partial charge in [0.05, 0.1) is 17.5 Å². The molecule has 1 heterocycles. The van der Waals surface area contributed by atoms with E-state index in [1.54, 1.807) is 0 Å². The van der Waals surface area contributed by atoms with Crippen LogP contribution in [0.2, 0.25) is 0 Å². The highest BCUT2D eigenvalue weighted by molar-refractivity contribution is 7.91. The number of isocyanates is 1. The normalized spacial score (nSPS) is 29.4. The fourth-order valence-electron chi connectivity index (χ4n) is 0.952. The first-order valence-electron chi connectivity index (χ1n) is 2.91. The number of nitrogens with zero attached hydrogens (tertiary/aromatic N) is 1.